The summed E-state index contributed by atoms with van der Waals surface area (Å²) in [5.74, 6) is 0. The fourth-order valence-electron chi connectivity index (χ4n) is 2.02. The molecule has 1 aromatic rings. The third-order valence-electron chi connectivity index (χ3n) is 3.46. The lowest BCUT2D eigenvalue weighted by molar-refractivity contribution is 0.407. The number of sulfonamides is 1. The van der Waals surface area contributed by atoms with Crippen LogP contribution < -0.4 is 0 Å². The number of nitrogens with zero attached hydrogens (tertiary/aromatic N) is 3. The molecule has 6 heteroatoms. The van der Waals surface area contributed by atoms with Crippen LogP contribution in [0.5, 0.6) is 0 Å². The largest absolute Gasteiger partial charge is 0.243 e. The maximum Gasteiger partial charge on any atom is 0.243 e. The minimum Gasteiger partial charge on any atom is -0.207 e. The molecule has 1 unspecified atom stereocenters. The van der Waals surface area contributed by atoms with Gasteiger partial charge in [0.05, 0.1) is 23.5 Å². The Morgan fingerprint density at radius 3 is 2.46 bits per heavy atom. The van der Waals surface area contributed by atoms with Gasteiger partial charge >= 0.3 is 0 Å². The van der Waals surface area contributed by atoms with Gasteiger partial charge in [0.25, 0.3) is 0 Å². The van der Waals surface area contributed by atoms with Gasteiger partial charge in [-0.2, -0.15) is 14.8 Å². The molecule has 0 heterocycles. The van der Waals surface area contributed by atoms with Gasteiger partial charge in [-0.3, -0.25) is 0 Å². The highest BCUT2D eigenvalue weighted by Gasteiger charge is 2.27. The number of hydrogen-bond acceptors (Lipinski definition) is 4. The van der Waals surface area contributed by atoms with E-state index in [1.807, 2.05) is 19.1 Å². The zero-order chi connectivity index (χ0) is 18.2. The Balaban J connectivity index is 3.22. The number of rotatable bonds is 7. The molecule has 1 aromatic carbocycles. The van der Waals surface area contributed by atoms with Crippen LogP contribution in [0, 0.1) is 29.6 Å². The van der Waals surface area contributed by atoms with Crippen LogP contribution in [0.3, 0.4) is 0 Å². The lowest BCUT2D eigenvalue weighted by Gasteiger charge is -2.25. The van der Waals surface area contributed by atoms with E-state index in [1.165, 1.54) is 4.31 Å². The smallest absolute Gasteiger partial charge is 0.207 e. The second-order valence-corrected chi connectivity index (χ2v) is 7.31. The fraction of sp³-hybridized carbons (Fsp3) is 0.333. The van der Waals surface area contributed by atoms with E-state index in [0.29, 0.717) is 5.57 Å². The minimum absolute atomic E-state index is 0.0909. The summed E-state index contributed by atoms with van der Waals surface area (Å²) in [6.07, 6.45) is 5.13. The maximum absolute atomic E-state index is 12.9. The van der Waals surface area contributed by atoms with Crippen LogP contribution in [0.2, 0.25) is 0 Å². The summed E-state index contributed by atoms with van der Waals surface area (Å²) < 4.78 is 27.2. The van der Waals surface area contributed by atoms with E-state index in [0.717, 1.165) is 5.56 Å². The number of hydrogen-bond donors (Lipinski definition) is 0. The Hall–Kier alpha value is -2.41. The molecule has 0 aromatic heterocycles. The average molecular weight is 343 g/mol. The van der Waals surface area contributed by atoms with Gasteiger partial charge < -0.3 is 0 Å². The first-order chi connectivity index (χ1) is 11.3. The number of benzene rings is 1. The van der Waals surface area contributed by atoms with Crippen molar-refractivity contribution < 1.29 is 8.42 Å². The maximum atomic E-state index is 12.9. The molecule has 0 saturated heterocycles. The van der Waals surface area contributed by atoms with Crippen LogP contribution in [0.4, 0.5) is 0 Å². The molecule has 0 aliphatic heterocycles. The van der Waals surface area contributed by atoms with Gasteiger partial charge in [0.15, 0.2) is 0 Å². The van der Waals surface area contributed by atoms with E-state index in [-0.39, 0.29) is 17.9 Å². The number of allylic oxidation sites excluding steroid dienone is 2. The van der Waals surface area contributed by atoms with Crippen molar-refractivity contribution >= 4 is 10.0 Å². The van der Waals surface area contributed by atoms with Crippen LogP contribution in [-0.4, -0.2) is 25.3 Å². The normalized spacial score (nSPS) is 13.7. The third-order valence-corrected chi connectivity index (χ3v) is 5.43. The van der Waals surface area contributed by atoms with Crippen molar-refractivity contribution in [3.05, 3.63) is 53.6 Å². The van der Waals surface area contributed by atoms with Crippen LogP contribution in [0.15, 0.2) is 53.0 Å². The van der Waals surface area contributed by atoms with E-state index in [9.17, 15) is 8.42 Å². The first kappa shape index (κ1) is 19.6. The molecule has 0 amide bonds. The van der Waals surface area contributed by atoms with Gasteiger partial charge in [-0.1, -0.05) is 35.9 Å². The van der Waals surface area contributed by atoms with Crippen molar-refractivity contribution in [2.24, 2.45) is 0 Å². The van der Waals surface area contributed by atoms with Gasteiger partial charge in [-0.05, 0) is 32.9 Å². The summed E-state index contributed by atoms with van der Waals surface area (Å²) >= 11 is 0. The van der Waals surface area contributed by atoms with E-state index < -0.39 is 16.1 Å². The topological polar surface area (TPSA) is 85.0 Å². The highest BCUT2D eigenvalue weighted by Crippen LogP contribution is 2.20. The third kappa shape index (κ3) is 5.34. The highest BCUT2D eigenvalue weighted by molar-refractivity contribution is 7.89. The zero-order valence-corrected chi connectivity index (χ0v) is 14.9. The lowest BCUT2D eigenvalue weighted by atomic mass is 10.2. The molecule has 0 aliphatic rings. The van der Waals surface area contributed by atoms with Crippen LogP contribution in [0.1, 0.15) is 25.8 Å². The molecule has 0 spiro atoms. The first-order valence-electron chi connectivity index (χ1n) is 7.52. The van der Waals surface area contributed by atoms with Crippen LogP contribution in [0.25, 0.3) is 0 Å². The zero-order valence-electron chi connectivity index (χ0n) is 14.1. The van der Waals surface area contributed by atoms with Gasteiger partial charge in [-0.25, -0.2) is 8.42 Å². The molecule has 0 bridgehead atoms. The van der Waals surface area contributed by atoms with E-state index >= 15 is 0 Å². The minimum atomic E-state index is -3.71. The second kappa shape index (κ2) is 9.02. The van der Waals surface area contributed by atoms with E-state index in [2.05, 4.69) is 0 Å². The summed E-state index contributed by atoms with van der Waals surface area (Å²) in [4.78, 5) is 0.205. The Labute approximate surface area is 144 Å². The summed E-state index contributed by atoms with van der Waals surface area (Å²) in [5.41, 5.74) is 1.43. The summed E-state index contributed by atoms with van der Waals surface area (Å²) in [6, 6.07) is 10.2. The predicted octanol–water partition coefficient (Wildman–Crippen LogP) is 3.31. The lowest BCUT2D eigenvalue weighted by Crippen LogP contribution is -2.37. The van der Waals surface area contributed by atoms with E-state index in [1.54, 1.807) is 56.3 Å². The van der Waals surface area contributed by atoms with Crippen molar-refractivity contribution in [1.29, 1.82) is 10.5 Å². The molecule has 126 valence electrons. The van der Waals surface area contributed by atoms with E-state index in [4.69, 9.17) is 10.5 Å². The highest BCUT2D eigenvalue weighted by atomic mass is 32.2. The number of aryl methyl sites for hydroxylation is 1. The number of nitriles is 2. The Morgan fingerprint density at radius 2 is 1.92 bits per heavy atom. The van der Waals surface area contributed by atoms with Crippen LogP contribution >= 0.6 is 0 Å². The summed E-state index contributed by atoms with van der Waals surface area (Å²) in [6.45, 7) is 5.36. The molecule has 0 aliphatic carbocycles. The summed E-state index contributed by atoms with van der Waals surface area (Å²) in [5, 5.41) is 17.5. The Kier molecular flexibility index (Phi) is 7.38. The Morgan fingerprint density at radius 1 is 1.29 bits per heavy atom. The van der Waals surface area contributed by atoms with Crippen molar-refractivity contribution in [3.63, 3.8) is 0 Å². The second-order valence-electron chi connectivity index (χ2n) is 5.42. The van der Waals surface area contributed by atoms with Crippen LogP contribution in [-0.2, 0) is 10.0 Å². The molecule has 0 saturated carbocycles. The first-order valence-corrected chi connectivity index (χ1v) is 8.96. The molecule has 24 heavy (non-hydrogen) atoms. The molecular formula is C18H21N3O2S. The predicted molar refractivity (Wildman–Crippen MR) is 93.3 cm³/mol. The molecule has 5 nitrogen and oxygen atoms in total. The molecule has 0 fully saturated rings. The standard InChI is InChI=1S/C18H21N3O2S/c1-15-7-9-18(10-8-15)24(22,23)21(13-11-16(2)14-20)17(3)6-4-5-12-19/h4,6-11,17H,5,13H2,1-3H3/b6-4+,16-11+. The molecule has 0 N–H and O–H groups in total. The molecular weight excluding hydrogens is 322 g/mol. The van der Waals surface area contributed by atoms with Crippen molar-refractivity contribution in [2.45, 2.75) is 38.1 Å². The fourth-order valence-corrected chi connectivity index (χ4v) is 3.54. The van der Waals surface area contributed by atoms with Crippen molar-refractivity contribution in [1.82, 2.24) is 4.31 Å². The van der Waals surface area contributed by atoms with Crippen molar-refractivity contribution in [2.75, 3.05) is 6.54 Å². The average Bonchev–Trinajstić information content (AvgIpc) is 2.55. The molecule has 0 radical (unpaired) electrons. The van der Waals surface area contributed by atoms with Gasteiger partial charge in [-0.15, -0.1) is 0 Å². The summed E-state index contributed by atoms with van der Waals surface area (Å²) in [7, 11) is -3.71. The monoisotopic (exact) mass is 343 g/mol. The molecule has 1 atom stereocenters. The quantitative estimate of drug-likeness (QED) is 0.561. The Bertz CT molecular complexity index is 794. The van der Waals surface area contributed by atoms with Gasteiger partial charge in [0.1, 0.15) is 0 Å². The SMILES string of the molecule is C/C(C#N)=C\CN(C(C)/C=C/CC#N)S(=O)(=O)c1ccc(C)cc1. The van der Waals surface area contributed by atoms with Crippen molar-refractivity contribution in [3.8, 4) is 12.1 Å². The molecule has 1 rings (SSSR count). The van der Waals surface area contributed by atoms with Gasteiger partial charge in [0.2, 0.25) is 10.0 Å². The van der Waals surface area contributed by atoms with Gasteiger partial charge in [0, 0.05) is 18.2 Å².